The molecular formula is C23H25N3O3S. The fourth-order valence-electron chi connectivity index (χ4n) is 3.18. The van der Waals surface area contributed by atoms with Gasteiger partial charge in [-0.1, -0.05) is 30.3 Å². The predicted octanol–water partition coefficient (Wildman–Crippen LogP) is 4.03. The Hall–Kier alpha value is -3.19. The van der Waals surface area contributed by atoms with Gasteiger partial charge in [-0.05, 0) is 62.8 Å². The van der Waals surface area contributed by atoms with Crippen LogP contribution in [0.5, 0.6) is 0 Å². The lowest BCUT2D eigenvalue weighted by atomic mass is 9.95. The summed E-state index contributed by atoms with van der Waals surface area (Å²) in [6.45, 7) is 5.49. The normalized spacial score (nSPS) is 16.4. The first-order valence-electron chi connectivity index (χ1n) is 9.70. The summed E-state index contributed by atoms with van der Waals surface area (Å²) in [4.78, 5) is 26.9. The molecular weight excluding hydrogens is 398 g/mol. The van der Waals surface area contributed by atoms with E-state index in [4.69, 9.17) is 17.0 Å². The second-order valence-corrected chi connectivity index (χ2v) is 7.72. The van der Waals surface area contributed by atoms with E-state index in [9.17, 15) is 9.59 Å². The number of allylic oxidation sites excluding steroid dienone is 1. The van der Waals surface area contributed by atoms with Crippen LogP contribution in [0.25, 0.3) is 0 Å². The van der Waals surface area contributed by atoms with E-state index < -0.39 is 6.04 Å². The molecule has 1 atom stereocenters. The molecule has 30 heavy (non-hydrogen) atoms. The van der Waals surface area contributed by atoms with Crippen molar-refractivity contribution in [3.05, 3.63) is 77.0 Å². The molecule has 0 aromatic heterocycles. The number of ether oxygens (including phenoxy) is 1. The predicted molar refractivity (Wildman–Crippen MR) is 121 cm³/mol. The van der Waals surface area contributed by atoms with Crippen molar-refractivity contribution in [2.75, 3.05) is 12.4 Å². The van der Waals surface area contributed by atoms with Gasteiger partial charge in [-0.3, -0.25) is 4.79 Å². The molecule has 2 N–H and O–H groups in total. The standard InChI is InChI=1S/C23H25N3O3S/c1-14(2)29-22(28)19-15(3)26(4)23(30)25-20(19)16-10-12-18(13-11-16)24-21(27)17-8-6-5-7-9-17/h5-14,20H,1-4H3,(H,24,27)(H,25,30)/t20-/m0/s1. The number of carbonyl (C=O) groups excluding carboxylic acids is 2. The lowest BCUT2D eigenvalue weighted by Gasteiger charge is -2.35. The molecule has 1 aliphatic heterocycles. The molecule has 0 aliphatic carbocycles. The summed E-state index contributed by atoms with van der Waals surface area (Å²) in [5.74, 6) is -0.560. The summed E-state index contributed by atoms with van der Waals surface area (Å²) < 4.78 is 5.46. The van der Waals surface area contributed by atoms with Gasteiger partial charge < -0.3 is 20.3 Å². The molecule has 0 radical (unpaired) electrons. The third kappa shape index (κ3) is 4.68. The van der Waals surface area contributed by atoms with Crippen LogP contribution in [-0.2, 0) is 9.53 Å². The van der Waals surface area contributed by atoms with Crippen molar-refractivity contribution < 1.29 is 14.3 Å². The number of benzene rings is 2. The zero-order chi connectivity index (χ0) is 21.8. The maximum atomic E-state index is 12.8. The Bertz CT molecular complexity index is 985. The van der Waals surface area contributed by atoms with Crippen molar-refractivity contribution in [2.45, 2.75) is 32.9 Å². The number of nitrogens with one attached hydrogen (secondary N) is 2. The number of hydrogen-bond acceptors (Lipinski definition) is 4. The Balaban J connectivity index is 1.85. The van der Waals surface area contributed by atoms with Crippen LogP contribution in [0.1, 0.15) is 42.7 Å². The number of rotatable bonds is 5. The second kappa shape index (κ2) is 9.09. The monoisotopic (exact) mass is 423 g/mol. The lowest BCUT2D eigenvalue weighted by Crippen LogP contribution is -2.46. The van der Waals surface area contributed by atoms with Gasteiger partial charge in [-0.2, -0.15) is 0 Å². The highest BCUT2D eigenvalue weighted by Crippen LogP contribution is 2.31. The molecule has 0 bridgehead atoms. The minimum absolute atomic E-state index is 0.182. The van der Waals surface area contributed by atoms with Crippen LogP contribution < -0.4 is 10.6 Å². The molecule has 2 aromatic carbocycles. The van der Waals surface area contributed by atoms with Crippen molar-refractivity contribution in [3.8, 4) is 0 Å². The van der Waals surface area contributed by atoms with E-state index >= 15 is 0 Å². The number of hydrogen-bond donors (Lipinski definition) is 2. The lowest BCUT2D eigenvalue weighted by molar-refractivity contribution is -0.143. The van der Waals surface area contributed by atoms with Crippen molar-refractivity contribution in [1.82, 2.24) is 10.2 Å². The highest BCUT2D eigenvalue weighted by molar-refractivity contribution is 7.80. The summed E-state index contributed by atoms with van der Waals surface area (Å²) in [5.41, 5.74) is 3.35. The van der Waals surface area contributed by atoms with E-state index in [0.29, 0.717) is 21.9 Å². The van der Waals surface area contributed by atoms with Crippen LogP contribution in [0.3, 0.4) is 0 Å². The van der Waals surface area contributed by atoms with Gasteiger partial charge in [-0.15, -0.1) is 0 Å². The minimum atomic E-state index is -0.432. The van der Waals surface area contributed by atoms with Gasteiger partial charge >= 0.3 is 5.97 Å². The average Bonchev–Trinajstić information content (AvgIpc) is 2.72. The van der Waals surface area contributed by atoms with Gasteiger partial charge in [0.15, 0.2) is 5.11 Å². The average molecular weight is 424 g/mol. The molecule has 0 saturated carbocycles. The van der Waals surface area contributed by atoms with Crippen LogP contribution >= 0.6 is 12.2 Å². The molecule has 7 heteroatoms. The van der Waals surface area contributed by atoms with Gasteiger partial charge in [0.1, 0.15) is 0 Å². The SMILES string of the molecule is CC1=C(C(=O)OC(C)C)[C@H](c2ccc(NC(=O)c3ccccc3)cc2)NC(=S)N1C. The smallest absolute Gasteiger partial charge is 0.338 e. The summed E-state index contributed by atoms with van der Waals surface area (Å²) >= 11 is 5.42. The quantitative estimate of drug-likeness (QED) is 0.559. The first-order chi connectivity index (χ1) is 14.3. The molecule has 0 saturated heterocycles. The van der Waals surface area contributed by atoms with E-state index in [1.807, 2.05) is 58.2 Å². The largest absolute Gasteiger partial charge is 0.459 e. The zero-order valence-electron chi connectivity index (χ0n) is 17.4. The molecule has 2 aromatic rings. The molecule has 3 rings (SSSR count). The number of amides is 1. The van der Waals surface area contributed by atoms with E-state index in [0.717, 1.165) is 11.3 Å². The van der Waals surface area contributed by atoms with Gasteiger partial charge in [0.25, 0.3) is 5.91 Å². The minimum Gasteiger partial charge on any atom is -0.459 e. The fourth-order valence-corrected chi connectivity index (χ4v) is 3.43. The molecule has 0 spiro atoms. The highest BCUT2D eigenvalue weighted by Gasteiger charge is 2.33. The molecule has 1 amide bonds. The van der Waals surface area contributed by atoms with Crippen molar-refractivity contribution in [2.24, 2.45) is 0 Å². The Morgan fingerprint density at radius 2 is 1.73 bits per heavy atom. The molecule has 1 aliphatic rings. The van der Waals surface area contributed by atoms with Crippen molar-refractivity contribution >= 4 is 34.9 Å². The maximum Gasteiger partial charge on any atom is 0.338 e. The molecule has 1 heterocycles. The van der Waals surface area contributed by atoms with Crippen LogP contribution in [0.2, 0.25) is 0 Å². The highest BCUT2D eigenvalue weighted by atomic mass is 32.1. The Kier molecular flexibility index (Phi) is 6.52. The molecule has 0 unspecified atom stereocenters. The van der Waals surface area contributed by atoms with Crippen LogP contribution in [-0.4, -0.2) is 35.0 Å². The summed E-state index contributed by atoms with van der Waals surface area (Å²) in [5, 5.41) is 6.62. The third-order valence-electron chi connectivity index (χ3n) is 4.85. The third-order valence-corrected chi connectivity index (χ3v) is 5.25. The Labute approximate surface area is 181 Å². The van der Waals surface area contributed by atoms with Crippen molar-refractivity contribution in [1.29, 1.82) is 0 Å². The van der Waals surface area contributed by atoms with E-state index in [1.54, 1.807) is 29.2 Å². The fraction of sp³-hybridized carbons (Fsp3) is 0.261. The van der Waals surface area contributed by atoms with E-state index in [2.05, 4.69) is 10.6 Å². The van der Waals surface area contributed by atoms with Crippen LogP contribution in [0, 0.1) is 0 Å². The summed E-state index contributed by atoms with van der Waals surface area (Å²) in [7, 11) is 1.81. The van der Waals surface area contributed by atoms with Gasteiger partial charge in [0.05, 0.1) is 17.7 Å². The second-order valence-electron chi connectivity index (χ2n) is 7.34. The van der Waals surface area contributed by atoms with E-state index in [1.165, 1.54) is 0 Å². The number of carbonyl (C=O) groups is 2. The first-order valence-corrected chi connectivity index (χ1v) is 10.1. The van der Waals surface area contributed by atoms with Crippen LogP contribution in [0.15, 0.2) is 65.9 Å². The zero-order valence-corrected chi connectivity index (χ0v) is 18.2. The summed E-state index contributed by atoms with van der Waals surface area (Å²) in [6, 6.07) is 15.9. The molecule has 6 nitrogen and oxygen atoms in total. The van der Waals surface area contributed by atoms with Crippen molar-refractivity contribution in [3.63, 3.8) is 0 Å². The number of thiocarbonyl (C=S) groups is 1. The molecule has 0 fully saturated rings. The summed E-state index contributed by atoms with van der Waals surface area (Å²) in [6.07, 6.45) is -0.229. The topological polar surface area (TPSA) is 70.7 Å². The van der Waals surface area contributed by atoms with Gasteiger partial charge in [-0.25, -0.2) is 4.79 Å². The number of anilines is 1. The number of nitrogens with zero attached hydrogens (tertiary/aromatic N) is 1. The van der Waals surface area contributed by atoms with Gasteiger partial charge in [0.2, 0.25) is 0 Å². The maximum absolute atomic E-state index is 12.8. The first kappa shape index (κ1) is 21.5. The van der Waals surface area contributed by atoms with Gasteiger partial charge in [0, 0.05) is 24.0 Å². The number of esters is 1. The Morgan fingerprint density at radius 3 is 2.33 bits per heavy atom. The van der Waals surface area contributed by atoms with E-state index in [-0.39, 0.29) is 18.0 Å². The van der Waals surface area contributed by atoms with Crippen LogP contribution in [0.4, 0.5) is 5.69 Å². The Morgan fingerprint density at radius 1 is 1.10 bits per heavy atom. The molecule has 156 valence electrons.